The first-order valence-electron chi connectivity index (χ1n) is 11.5. The monoisotopic (exact) mass is 463 g/mol. The number of Topliss-reactive ketones (excluding diaryl/α,β-unsaturated/α-hetero) is 1. The number of likely N-dealkylation sites (tertiary alicyclic amines) is 2. The molecule has 2 amide bonds. The van der Waals surface area contributed by atoms with Crippen LogP contribution in [-0.4, -0.2) is 63.4 Å². The van der Waals surface area contributed by atoms with Gasteiger partial charge in [0.2, 0.25) is 0 Å². The van der Waals surface area contributed by atoms with Gasteiger partial charge < -0.3 is 19.6 Å². The topological polar surface area (TPSA) is 100 Å². The number of hydrogen-bond donors (Lipinski definition) is 1. The van der Waals surface area contributed by atoms with E-state index in [1.807, 2.05) is 26.0 Å². The summed E-state index contributed by atoms with van der Waals surface area (Å²) < 4.78 is 5.09. The molecule has 2 fully saturated rings. The van der Waals surface area contributed by atoms with Crippen molar-refractivity contribution in [3.8, 4) is 0 Å². The number of benzene rings is 1. The molecule has 2 aromatic rings. The number of aliphatic hydroxyl groups excluding tert-OH is 1. The van der Waals surface area contributed by atoms with E-state index in [4.69, 9.17) is 4.74 Å². The number of carbonyl (C=O) groups is 3. The summed E-state index contributed by atoms with van der Waals surface area (Å²) in [4.78, 5) is 46.2. The first-order chi connectivity index (χ1) is 16.3. The van der Waals surface area contributed by atoms with Gasteiger partial charge in [-0.15, -0.1) is 0 Å². The minimum Gasteiger partial charge on any atom is -0.507 e. The molecular weight excluding hydrogens is 434 g/mol. The van der Waals surface area contributed by atoms with Gasteiger partial charge in [0, 0.05) is 30.9 Å². The lowest BCUT2D eigenvalue weighted by Gasteiger charge is -2.38. The van der Waals surface area contributed by atoms with Crippen molar-refractivity contribution in [2.45, 2.75) is 45.7 Å². The van der Waals surface area contributed by atoms with Crippen LogP contribution in [0.25, 0.3) is 5.76 Å². The summed E-state index contributed by atoms with van der Waals surface area (Å²) in [5, 5.41) is 11.2. The molecule has 1 atom stereocenters. The average Bonchev–Trinajstić information content (AvgIpc) is 3.11. The van der Waals surface area contributed by atoms with Gasteiger partial charge in [0.1, 0.15) is 11.8 Å². The summed E-state index contributed by atoms with van der Waals surface area (Å²) in [5.74, 6) is -1.58. The summed E-state index contributed by atoms with van der Waals surface area (Å²) in [6.45, 7) is 6.78. The van der Waals surface area contributed by atoms with E-state index in [9.17, 15) is 19.5 Å². The van der Waals surface area contributed by atoms with E-state index in [-0.39, 0.29) is 23.5 Å². The molecule has 8 heteroatoms. The lowest BCUT2D eigenvalue weighted by molar-refractivity contribution is -0.142. The first-order valence-corrected chi connectivity index (χ1v) is 11.5. The number of aliphatic hydroxyl groups is 1. The second kappa shape index (κ2) is 9.67. The maximum Gasteiger partial charge on any atom is 0.409 e. The summed E-state index contributed by atoms with van der Waals surface area (Å²) in [7, 11) is 0. The number of piperidine rings is 1. The van der Waals surface area contributed by atoms with Crippen LogP contribution in [0.1, 0.15) is 48.2 Å². The maximum absolute atomic E-state index is 13.3. The quantitative estimate of drug-likeness (QED) is 0.421. The van der Waals surface area contributed by atoms with Crippen LogP contribution in [-0.2, 0) is 14.3 Å². The lowest BCUT2D eigenvalue weighted by Crippen LogP contribution is -2.48. The number of aryl methyl sites for hydroxylation is 2. The van der Waals surface area contributed by atoms with E-state index in [1.165, 1.54) is 0 Å². The average molecular weight is 464 g/mol. The third-order valence-electron chi connectivity index (χ3n) is 6.61. The Bertz CT molecular complexity index is 1140. The van der Waals surface area contributed by atoms with Gasteiger partial charge in [0.25, 0.3) is 11.7 Å². The number of ketones is 1. The van der Waals surface area contributed by atoms with Crippen molar-refractivity contribution in [3.05, 3.63) is 70.6 Å². The van der Waals surface area contributed by atoms with Crippen molar-refractivity contribution in [1.29, 1.82) is 0 Å². The highest BCUT2D eigenvalue weighted by Gasteiger charge is 2.50. The zero-order valence-electron chi connectivity index (χ0n) is 19.7. The van der Waals surface area contributed by atoms with E-state index in [0.29, 0.717) is 43.8 Å². The highest BCUT2D eigenvalue weighted by atomic mass is 16.6. The molecule has 4 rings (SSSR count). The Hall–Kier alpha value is -3.68. The standard InChI is InChI=1S/C26H29N3O5/c1-4-34-26(33)28-13-10-19(11-14-28)29-22(20-7-5-6-12-27-20)21(24(31)25(29)32)23(30)18-9-8-16(2)17(3)15-18/h5-9,12,15,19,22,30H,4,10-11,13-14H2,1-3H3/b23-21+. The number of rotatable bonds is 4. The molecule has 0 bridgehead atoms. The van der Waals surface area contributed by atoms with Crippen molar-refractivity contribution < 1.29 is 24.2 Å². The van der Waals surface area contributed by atoms with Gasteiger partial charge in [-0.05, 0) is 62.9 Å². The number of ether oxygens (including phenoxy) is 1. The van der Waals surface area contributed by atoms with Crippen molar-refractivity contribution in [1.82, 2.24) is 14.8 Å². The van der Waals surface area contributed by atoms with Crippen molar-refractivity contribution in [3.63, 3.8) is 0 Å². The van der Waals surface area contributed by atoms with E-state index >= 15 is 0 Å². The molecule has 0 aliphatic carbocycles. The normalized spacial score (nSPS) is 20.6. The molecule has 2 aliphatic rings. The van der Waals surface area contributed by atoms with Crippen LogP contribution >= 0.6 is 0 Å². The summed E-state index contributed by atoms with van der Waals surface area (Å²) in [6, 6.07) is 9.66. The van der Waals surface area contributed by atoms with Crippen LogP contribution in [0.5, 0.6) is 0 Å². The van der Waals surface area contributed by atoms with Crippen LogP contribution in [0.3, 0.4) is 0 Å². The molecule has 0 spiro atoms. The maximum atomic E-state index is 13.3. The fourth-order valence-electron chi connectivity index (χ4n) is 4.64. The number of hydrogen-bond acceptors (Lipinski definition) is 6. The minimum atomic E-state index is -0.804. The molecule has 1 N–H and O–H groups in total. The number of aromatic nitrogens is 1. The third-order valence-corrected chi connectivity index (χ3v) is 6.61. The van der Waals surface area contributed by atoms with Crippen molar-refractivity contribution in [2.75, 3.05) is 19.7 Å². The summed E-state index contributed by atoms with van der Waals surface area (Å²) in [6.07, 6.45) is 2.23. The predicted octanol–water partition coefficient (Wildman–Crippen LogP) is 3.74. The van der Waals surface area contributed by atoms with Crippen LogP contribution in [0.2, 0.25) is 0 Å². The highest BCUT2D eigenvalue weighted by Crippen LogP contribution is 2.41. The largest absolute Gasteiger partial charge is 0.507 e. The highest BCUT2D eigenvalue weighted by molar-refractivity contribution is 6.46. The van der Waals surface area contributed by atoms with Gasteiger partial charge in [0.15, 0.2) is 0 Å². The van der Waals surface area contributed by atoms with Gasteiger partial charge in [-0.1, -0.05) is 18.2 Å². The number of carbonyl (C=O) groups excluding carboxylic acids is 3. The molecule has 1 aromatic heterocycles. The Labute approximate surface area is 198 Å². The van der Waals surface area contributed by atoms with E-state index in [2.05, 4.69) is 4.98 Å². The van der Waals surface area contributed by atoms with Crippen LogP contribution in [0.15, 0.2) is 48.2 Å². The number of nitrogens with zero attached hydrogens (tertiary/aromatic N) is 3. The zero-order valence-corrected chi connectivity index (χ0v) is 19.7. The third kappa shape index (κ3) is 4.27. The molecular formula is C26H29N3O5. The second-order valence-electron chi connectivity index (χ2n) is 8.68. The summed E-state index contributed by atoms with van der Waals surface area (Å²) in [5.41, 5.74) is 3.07. The van der Waals surface area contributed by atoms with Crippen molar-refractivity contribution >= 4 is 23.5 Å². The van der Waals surface area contributed by atoms with Crippen LogP contribution in [0.4, 0.5) is 4.79 Å². The van der Waals surface area contributed by atoms with E-state index in [0.717, 1.165) is 11.1 Å². The Morgan fingerprint density at radius 1 is 1.12 bits per heavy atom. The number of amides is 2. The number of pyridine rings is 1. The van der Waals surface area contributed by atoms with Crippen LogP contribution in [0, 0.1) is 13.8 Å². The SMILES string of the molecule is CCOC(=O)N1CCC(N2C(=O)C(=O)/C(=C(/O)c3ccc(C)c(C)c3)C2c2ccccn2)CC1. The Balaban J connectivity index is 1.73. The van der Waals surface area contributed by atoms with Gasteiger partial charge in [0.05, 0.1) is 17.9 Å². The minimum absolute atomic E-state index is 0.0415. The predicted molar refractivity (Wildman–Crippen MR) is 126 cm³/mol. The molecule has 2 saturated heterocycles. The van der Waals surface area contributed by atoms with Gasteiger partial charge in [-0.2, -0.15) is 0 Å². The Morgan fingerprint density at radius 2 is 1.85 bits per heavy atom. The van der Waals surface area contributed by atoms with Gasteiger partial charge in [-0.25, -0.2) is 4.79 Å². The molecule has 34 heavy (non-hydrogen) atoms. The molecule has 1 unspecified atom stereocenters. The molecule has 178 valence electrons. The smallest absolute Gasteiger partial charge is 0.409 e. The van der Waals surface area contributed by atoms with E-state index < -0.39 is 17.7 Å². The Morgan fingerprint density at radius 3 is 2.47 bits per heavy atom. The van der Waals surface area contributed by atoms with E-state index in [1.54, 1.807) is 47.2 Å². The molecule has 0 radical (unpaired) electrons. The fourth-order valence-corrected chi connectivity index (χ4v) is 4.64. The molecule has 3 heterocycles. The second-order valence-corrected chi connectivity index (χ2v) is 8.68. The van der Waals surface area contributed by atoms with Gasteiger partial charge in [-0.3, -0.25) is 14.6 Å². The fraction of sp³-hybridized carbons (Fsp3) is 0.385. The molecule has 1 aromatic carbocycles. The summed E-state index contributed by atoms with van der Waals surface area (Å²) >= 11 is 0. The van der Waals surface area contributed by atoms with Crippen molar-refractivity contribution in [2.24, 2.45) is 0 Å². The molecule has 8 nitrogen and oxygen atoms in total. The molecule has 2 aliphatic heterocycles. The van der Waals surface area contributed by atoms with Crippen LogP contribution < -0.4 is 0 Å². The Kier molecular flexibility index (Phi) is 6.68. The lowest BCUT2D eigenvalue weighted by atomic mass is 9.95. The molecule has 0 saturated carbocycles. The zero-order chi connectivity index (χ0) is 24.4. The first kappa shape index (κ1) is 23.5. The van der Waals surface area contributed by atoms with Gasteiger partial charge >= 0.3 is 6.09 Å².